The topological polar surface area (TPSA) is 65.1 Å². The van der Waals surface area contributed by atoms with Gasteiger partial charge < -0.3 is 14.2 Å². The molecule has 0 bridgehead atoms. The summed E-state index contributed by atoms with van der Waals surface area (Å²) in [5, 5.41) is 0. The lowest BCUT2D eigenvalue weighted by atomic mass is 10.1. The van der Waals surface area contributed by atoms with Gasteiger partial charge in [0.15, 0.2) is 0 Å². The molecule has 0 amide bonds. The van der Waals surface area contributed by atoms with Crippen LogP contribution in [0, 0.1) is 0 Å². The Bertz CT molecular complexity index is 355. The van der Waals surface area contributed by atoms with Gasteiger partial charge in [-0.05, 0) is 13.3 Å². The predicted molar refractivity (Wildman–Crippen MR) is 92.0 cm³/mol. The molecule has 1 atom stereocenters. The van der Waals surface area contributed by atoms with Crippen LogP contribution in [0.2, 0.25) is 0 Å². The summed E-state index contributed by atoms with van der Waals surface area (Å²) in [5.74, 6) is -0.342. The van der Waals surface area contributed by atoms with Crippen molar-refractivity contribution >= 4 is 11.8 Å². The van der Waals surface area contributed by atoms with E-state index in [4.69, 9.17) is 14.2 Å². The van der Waals surface area contributed by atoms with Crippen LogP contribution in [0.3, 0.4) is 0 Å². The van der Waals surface area contributed by atoms with Gasteiger partial charge in [-0.1, -0.05) is 32.6 Å². The van der Waals surface area contributed by atoms with Crippen molar-refractivity contribution in [2.24, 2.45) is 0 Å². The molecule has 1 unspecified atom stereocenters. The zero-order valence-corrected chi connectivity index (χ0v) is 15.3. The van der Waals surface area contributed by atoms with Gasteiger partial charge in [0.05, 0.1) is 32.3 Å². The SMILES string of the molecule is CCCCCCCOCCOC(=O)CC(C(C)=O)N1CCOCC1. The highest BCUT2D eigenvalue weighted by Crippen LogP contribution is 2.10. The van der Waals surface area contributed by atoms with Crippen LogP contribution < -0.4 is 0 Å². The lowest BCUT2D eigenvalue weighted by Crippen LogP contribution is -2.47. The van der Waals surface area contributed by atoms with E-state index in [1.165, 1.54) is 32.6 Å². The number of hydrogen-bond donors (Lipinski definition) is 0. The summed E-state index contributed by atoms with van der Waals surface area (Å²) in [6, 6.07) is -0.402. The summed E-state index contributed by atoms with van der Waals surface area (Å²) in [6.07, 6.45) is 6.11. The Labute approximate surface area is 145 Å². The molecular formula is C18H33NO5. The summed E-state index contributed by atoms with van der Waals surface area (Å²) in [4.78, 5) is 25.7. The average molecular weight is 343 g/mol. The second kappa shape index (κ2) is 13.3. The quantitative estimate of drug-likeness (QED) is 0.377. The molecule has 1 saturated heterocycles. The maximum Gasteiger partial charge on any atom is 0.307 e. The van der Waals surface area contributed by atoms with Crippen LogP contribution in [0.4, 0.5) is 0 Å². The van der Waals surface area contributed by atoms with E-state index in [1.807, 2.05) is 4.90 Å². The van der Waals surface area contributed by atoms with Crippen molar-refractivity contribution in [3.63, 3.8) is 0 Å². The molecule has 24 heavy (non-hydrogen) atoms. The molecule has 140 valence electrons. The minimum absolute atomic E-state index is 0.00261. The molecule has 0 aliphatic carbocycles. The van der Waals surface area contributed by atoms with E-state index < -0.39 is 6.04 Å². The monoisotopic (exact) mass is 343 g/mol. The summed E-state index contributed by atoms with van der Waals surface area (Å²) in [5.41, 5.74) is 0. The summed E-state index contributed by atoms with van der Waals surface area (Å²) in [6.45, 7) is 7.66. The van der Waals surface area contributed by atoms with Crippen molar-refractivity contribution in [1.29, 1.82) is 0 Å². The van der Waals surface area contributed by atoms with E-state index in [2.05, 4.69) is 6.92 Å². The van der Waals surface area contributed by atoms with Crippen molar-refractivity contribution in [1.82, 2.24) is 4.90 Å². The van der Waals surface area contributed by atoms with Crippen LogP contribution in [0.15, 0.2) is 0 Å². The Morgan fingerprint density at radius 3 is 2.42 bits per heavy atom. The second-order valence-corrected chi connectivity index (χ2v) is 6.23. The number of carbonyl (C=O) groups is 2. The molecule has 0 aromatic carbocycles. The molecule has 0 aromatic rings. The number of ether oxygens (including phenoxy) is 3. The molecule has 1 aliphatic rings. The molecule has 1 rings (SSSR count). The van der Waals surface area contributed by atoms with E-state index in [1.54, 1.807) is 0 Å². The van der Waals surface area contributed by atoms with Gasteiger partial charge >= 0.3 is 5.97 Å². The fraction of sp³-hybridized carbons (Fsp3) is 0.889. The number of Topliss-reactive ketones (excluding diaryl/α,β-unsaturated/α-hetero) is 1. The first-order chi connectivity index (χ1) is 11.6. The third kappa shape index (κ3) is 9.35. The minimum Gasteiger partial charge on any atom is -0.463 e. The normalized spacial score (nSPS) is 16.8. The smallest absolute Gasteiger partial charge is 0.307 e. The number of unbranched alkanes of at least 4 members (excludes halogenated alkanes) is 4. The maximum absolute atomic E-state index is 11.9. The van der Waals surface area contributed by atoms with Gasteiger partial charge in [0.2, 0.25) is 0 Å². The van der Waals surface area contributed by atoms with Crippen molar-refractivity contribution in [3.05, 3.63) is 0 Å². The fourth-order valence-electron chi connectivity index (χ4n) is 2.76. The van der Waals surface area contributed by atoms with E-state index >= 15 is 0 Å². The van der Waals surface area contributed by atoms with Crippen molar-refractivity contribution in [2.75, 3.05) is 46.1 Å². The van der Waals surface area contributed by atoms with E-state index in [0.717, 1.165) is 6.42 Å². The highest BCUT2D eigenvalue weighted by atomic mass is 16.6. The molecule has 1 heterocycles. The molecule has 6 nitrogen and oxygen atoms in total. The van der Waals surface area contributed by atoms with E-state index in [0.29, 0.717) is 39.5 Å². The number of rotatable bonds is 13. The van der Waals surface area contributed by atoms with Crippen molar-refractivity contribution in [2.45, 2.75) is 58.4 Å². The molecular weight excluding hydrogens is 310 g/mol. The minimum atomic E-state index is -0.402. The molecule has 1 fully saturated rings. The Hall–Kier alpha value is -0.980. The number of ketones is 1. The summed E-state index contributed by atoms with van der Waals surface area (Å²) < 4.78 is 15.9. The largest absolute Gasteiger partial charge is 0.463 e. The maximum atomic E-state index is 11.9. The molecule has 1 aliphatic heterocycles. The van der Waals surface area contributed by atoms with Crippen molar-refractivity contribution in [3.8, 4) is 0 Å². The number of carbonyl (C=O) groups excluding carboxylic acids is 2. The van der Waals surface area contributed by atoms with Crippen LogP contribution in [-0.4, -0.2) is 68.8 Å². The standard InChI is InChI=1S/C18H33NO5/c1-3-4-5-6-7-10-22-13-14-24-18(21)15-17(16(2)20)19-8-11-23-12-9-19/h17H,3-15H2,1-2H3. The van der Waals surface area contributed by atoms with Gasteiger partial charge in [0.1, 0.15) is 12.4 Å². The third-order valence-corrected chi connectivity index (χ3v) is 4.20. The zero-order chi connectivity index (χ0) is 17.6. The predicted octanol–water partition coefficient (Wildman–Crippen LogP) is 2.20. The van der Waals surface area contributed by atoms with Gasteiger partial charge in [-0.15, -0.1) is 0 Å². The Kier molecular flexibility index (Phi) is 11.7. The average Bonchev–Trinajstić information content (AvgIpc) is 2.58. The van der Waals surface area contributed by atoms with Gasteiger partial charge in [-0.3, -0.25) is 14.5 Å². The van der Waals surface area contributed by atoms with Crippen LogP contribution in [0.25, 0.3) is 0 Å². The third-order valence-electron chi connectivity index (χ3n) is 4.20. The summed E-state index contributed by atoms with van der Waals surface area (Å²) in [7, 11) is 0. The lowest BCUT2D eigenvalue weighted by Gasteiger charge is -2.32. The van der Waals surface area contributed by atoms with Crippen molar-refractivity contribution < 1.29 is 23.8 Å². The second-order valence-electron chi connectivity index (χ2n) is 6.23. The number of morpholine rings is 1. The number of nitrogens with zero attached hydrogens (tertiary/aromatic N) is 1. The van der Waals surface area contributed by atoms with Gasteiger partial charge in [-0.2, -0.15) is 0 Å². The molecule has 0 spiro atoms. The van der Waals surface area contributed by atoms with E-state index in [-0.39, 0.29) is 24.8 Å². The number of hydrogen-bond acceptors (Lipinski definition) is 6. The van der Waals surface area contributed by atoms with Gasteiger partial charge in [0.25, 0.3) is 0 Å². The first-order valence-electron chi connectivity index (χ1n) is 9.20. The van der Waals surface area contributed by atoms with Gasteiger partial charge in [0, 0.05) is 19.7 Å². The van der Waals surface area contributed by atoms with E-state index in [9.17, 15) is 9.59 Å². The Morgan fingerprint density at radius 1 is 1.04 bits per heavy atom. The van der Waals surface area contributed by atoms with Gasteiger partial charge in [-0.25, -0.2) is 0 Å². The highest BCUT2D eigenvalue weighted by molar-refractivity contribution is 5.86. The molecule has 0 N–H and O–H groups in total. The Morgan fingerprint density at radius 2 is 1.75 bits per heavy atom. The first-order valence-corrected chi connectivity index (χ1v) is 9.20. The highest BCUT2D eigenvalue weighted by Gasteiger charge is 2.27. The molecule has 0 saturated carbocycles. The molecule has 0 aromatic heterocycles. The van der Waals surface area contributed by atoms with Crippen LogP contribution >= 0.6 is 0 Å². The molecule has 6 heteroatoms. The van der Waals surface area contributed by atoms with Crippen LogP contribution in [0.5, 0.6) is 0 Å². The zero-order valence-electron chi connectivity index (χ0n) is 15.3. The Balaban J connectivity index is 2.09. The van der Waals surface area contributed by atoms with Crippen LogP contribution in [0.1, 0.15) is 52.4 Å². The molecule has 0 radical (unpaired) electrons. The number of esters is 1. The van der Waals surface area contributed by atoms with Crippen LogP contribution in [-0.2, 0) is 23.8 Å². The first kappa shape index (κ1) is 21.1. The fourth-order valence-corrected chi connectivity index (χ4v) is 2.76. The lowest BCUT2D eigenvalue weighted by molar-refractivity contribution is -0.149. The summed E-state index contributed by atoms with van der Waals surface area (Å²) >= 11 is 0.